The van der Waals surface area contributed by atoms with E-state index >= 15 is 0 Å². The molecule has 0 saturated heterocycles. The van der Waals surface area contributed by atoms with Crippen LogP contribution in [0.1, 0.15) is 46.5 Å². The van der Waals surface area contributed by atoms with E-state index in [1.54, 1.807) is 0 Å². The Morgan fingerprint density at radius 3 is 2.47 bits per heavy atom. The number of fused-ring (bicyclic) bond motifs is 1. The third-order valence-corrected chi connectivity index (χ3v) is 9.85. The van der Waals surface area contributed by atoms with E-state index < -0.39 is 8.32 Å². The lowest BCUT2D eigenvalue weighted by Gasteiger charge is -2.40. The lowest BCUT2D eigenvalue weighted by molar-refractivity contribution is 0.0661. The molecule has 1 saturated carbocycles. The summed E-state index contributed by atoms with van der Waals surface area (Å²) < 4.78 is 6.74. The predicted molar refractivity (Wildman–Crippen MR) is 76.7 cm³/mol. The van der Waals surface area contributed by atoms with Crippen molar-refractivity contribution in [3.63, 3.8) is 0 Å². The number of hydrogen-bond acceptors (Lipinski definition) is 1. The normalized spacial score (nSPS) is 32.8. The summed E-state index contributed by atoms with van der Waals surface area (Å²) >= 11 is 0. The van der Waals surface area contributed by atoms with Gasteiger partial charge in [0.25, 0.3) is 0 Å². The standard InChI is InChI=1S/C15H28OSi/c1-4-17(5-2,6-3)16-15-12-8-10-13-9-7-11-14(13)15/h7,9,13-15H,4-6,8,10-12H2,1-3H3. The summed E-state index contributed by atoms with van der Waals surface area (Å²) in [5, 5.41) is 0. The average Bonchev–Trinajstić information content (AvgIpc) is 2.85. The first-order chi connectivity index (χ1) is 8.24. The van der Waals surface area contributed by atoms with Crippen LogP contribution in [-0.4, -0.2) is 14.4 Å². The Hall–Kier alpha value is -0.0831. The van der Waals surface area contributed by atoms with Gasteiger partial charge in [-0.1, -0.05) is 39.3 Å². The van der Waals surface area contributed by atoms with E-state index in [1.807, 2.05) is 0 Å². The van der Waals surface area contributed by atoms with Crippen molar-refractivity contribution in [3.05, 3.63) is 12.2 Å². The molecule has 0 aromatic heterocycles. The molecule has 0 radical (unpaired) electrons. The van der Waals surface area contributed by atoms with Crippen molar-refractivity contribution in [2.75, 3.05) is 0 Å². The molecule has 0 heterocycles. The van der Waals surface area contributed by atoms with E-state index in [9.17, 15) is 0 Å². The van der Waals surface area contributed by atoms with E-state index in [2.05, 4.69) is 32.9 Å². The van der Waals surface area contributed by atoms with Crippen LogP contribution in [0.4, 0.5) is 0 Å². The summed E-state index contributed by atoms with van der Waals surface area (Å²) in [4.78, 5) is 0. The lowest BCUT2D eigenvalue weighted by Crippen LogP contribution is -2.44. The smallest absolute Gasteiger partial charge is 0.192 e. The Balaban J connectivity index is 2.01. The highest BCUT2D eigenvalue weighted by Gasteiger charge is 2.39. The topological polar surface area (TPSA) is 9.23 Å². The van der Waals surface area contributed by atoms with Crippen LogP contribution < -0.4 is 0 Å². The van der Waals surface area contributed by atoms with Crippen molar-refractivity contribution < 1.29 is 4.43 Å². The zero-order chi connectivity index (χ0) is 12.3. The van der Waals surface area contributed by atoms with Gasteiger partial charge in [-0.2, -0.15) is 0 Å². The molecule has 98 valence electrons. The Morgan fingerprint density at radius 2 is 1.82 bits per heavy atom. The summed E-state index contributed by atoms with van der Waals surface area (Å²) in [6, 6.07) is 3.88. The summed E-state index contributed by atoms with van der Waals surface area (Å²) in [6.07, 6.45) is 10.8. The molecule has 1 nitrogen and oxygen atoms in total. The molecule has 0 aliphatic heterocycles. The molecular weight excluding hydrogens is 224 g/mol. The SMILES string of the molecule is CC[Si](CC)(CC)OC1CCCC2C=CCC21. The highest BCUT2D eigenvalue weighted by molar-refractivity contribution is 6.73. The monoisotopic (exact) mass is 252 g/mol. The Morgan fingerprint density at radius 1 is 1.12 bits per heavy atom. The quantitative estimate of drug-likeness (QED) is 0.506. The lowest BCUT2D eigenvalue weighted by atomic mass is 9.79. The van der Waals surface area contributed by atoms with Crippen LogP contribution in [-0.2, 0) is 4.43 Å². The maximum absolute atomic E-state index is 6.74. The van der Waals surface area contributed by atoms with E-state index in [0.717, 1.165) is 11.8 Å². The minimum Gasteiger partial charge on any atom is -0.414 e. The maximum Gasteiger partial charge on any atom is 0.192 e. The molecule has 2 heteroatoms. The third-order valence-electron chi connectivity index (χ3n) is 5.18. The fourth-order valence-corrected chi connectivity index (χ4v) is 6.64. The molecule has 2 aliphatic rings. The number of rotatable bonds is 5. The van der Waals surface area contributed by atoms with Crippen molar-refractivity contribution in [2.45, 2.75) is 70.7 Å². The summed E-state index contributed by atoms with van der Waals surface area (Å²) in [7, 11) is -1.39. The van der Waals surface area contributed by atoms with E-state index in [4.69, 9.17) is 4.43 Å². The second-order valence-electron chi connectivity index (χ2n) is 5.82. The third kappa shape index (κ3) is 2.68. The summed E-state index contributed by atoms with van der Waals surface area (Å²) in [5.74, 6) is 1.66. The molecule has 1 fully saturated rings. The Kier molecular flexibility index (Phi) is 4.48. The Labute approximate surface area is 108 Å². The van der Waals surface area contributed by atoms with Crippen LogP contribution in [0.25, 0.3) is 0 Å². The molecule has 3 unspecified atom stereocenters. The molecule has 2 aliphatic carbocycles. The van der Waals surface area contributed by atoms with E-state index in [1.165, 1.54) is 43.8 Å². The van der Waals surface area contributed by atoms with Crippen LogP contribution in [0.3, 0.4) is 0 Å². The maximum atomic E-state index is 6.74. The molecule has 17 heavy (non-hydrogen) atoms. The first kappa shape index (κ1) is 13.4. The van der Waals surface area contributed by atoms with Crippen LogP contribution in [0.5, 0.6) is 0 Å². The van der Waals surface area contributed by atoms with Crippen LogP contribution in [0, 0.1) is 11.8 Å². The van der Waals surface area contributed by atoms with Crippen molar-refractivity contribution in [1.82, 2.24) is 0 Å². The van der Waals surface area contributed by atoms with Gasteiger partial charge in [0.05, 0.1) is 0 Å². The van der Waals surface area contributed by atoms with Gasteiger partial charge in [-0.25, -0.2) is 0 Å². The molecule has 0 spiro atoms. The van der Waals surface area contributed by atoms with Gasteiger partial charge in [0.2, 0.25) is 0 Å². The molecule has 2 rings (SSSR count). The number of hydrogen-bond donors (Lipinski definition) is 0. The van der Waals surface area contributed by atoms with Crippen molar-refractivity contribution in [3.8, 4) is 0 Å². The van der Waals surface area contributed by atoms with Crippen LogP contribution in [0.15, 0.2) is 12.2 Å². The molecule has 0 aromatic carbocycles. The van der Waals surface area contributed by atoms with Crippen molar-refractivity contribution in [1.29, 1.82) is 0 Å². The van der Waals surface area contributed by atoms with Gasteiger partial charge in [-0.3, -0.25) is 0 Å². The predicted octanol–water partition coefficient (Wildman–Crippen LogP) is 4.75. The van der Waals surface area contributed by atoms with Gasteiger partial charge in [0.1, 0.15) is 0 Å². The second-order valence-corrected chi connectivity index (χ2v) is 10.5. The minimum absolute atomic E-state index is 0.579. The Bertz CT molecular complexity index is 262. The van der Waals surface area contributed by atoms with Crippen LogP contribution in [0.2, 0.25) is 18.1 Å². The first-order valence-corrected chi connectivity index (χ1v) is 10.1. The van der Waals surface area contributed by atoms with Gasteiger partial charge in [-0.05, 0) is 49.2 Å². The van der Waals surface area contributed by atoms with Gasteiger partial charge >= 0.3 is 0 Å². The fourth-order valence-electron chi connectivity index (χ4n) is 3.70. The number of allylic oxidation sites excluding steroid dienone is 2. The van der Waals surface area contributed by atoms with Gasteiger partial charge < -0.3 is 4.43 Å². The molecule has 0 aromatic rings. The second kappa shape index (κ2) is 5.70. The minimum atomic E-state index is -1.39. The highest BCUT2D eigenvalue weighted by atomic mass is 28.4. The van der Waals surface area contributed by atoms with E-state index in [0.29, 0.717) is 6.10 Å². The van der Waals surface area contributed by atoms with E-state index in [-0.39, 0.29) is 0 Å². The molecule has 3 atom stereocenters. The zero-order valence-electron chi connectivity index (χ0n) is 11.7. The molecule has 0 amide bonds. The van der Waals surface area contributed by atoms with Crippen molar-refractivity contribution in [2.24, 2.45) is 11.8 Å². The summed E-state index contributed by atoms with van der Waals surface area (Å²) in [6.45, 7) is 7.02. The average molecular weight is 252 g/mol. The highest BCUT2D eigenvalue weighted by Crippen LogP contribution is 2.41. The molecule has 0 bridgehead atoms. The molecular formula is C15H28OSi. The van der Waals surface area contributed by atoms with Crippen molar-refractivity contribution >= 4 is 8.32 Å². The largest absolute Gasteiger partial charge is 0.414 e. The van der Waals surface area contributed by atoms with Gasteiger partial charge in [0.15, 0.2) is 8.32 Å². The summed E-state index contributed by atoms with van der Waals surface area (Å²) in [5.41, 5.74) is 0. The zero-order valence-corrected chi connectivity index (χ0v) is 12.7. The molecule has 0 N–H and O–H groups in total. The van der Waals surface area contributed by atoms with Gasteiger partial charge in [0, 0.05) is 6.10 Å². The fraction of sp³-hybridized carbons (Fsp3) is 0.867. The van der Waals surface area contributed by atoms with Gasteiger partial charge in [-0.15, -0.1) is 0 Å². The first-order valence-electron chi connectivity index (χ1n) is 7.59. The van der Waals surface area contributed by atoms with Crippen LogP contribution >= 0.6 is 0 Å².